The fraction of sp³-hybridized carbons (Fsp3) is 0.348. The summed E-state index contributed by atoms with van der Waals surface area (Å²) in [6.07, 6.45) is 6.54. The summed E-state index contributed by atoms with van der Waals surface area (Å²) in [5.41, 5.74) is 5.01. The molecule has 5 nitrogen and oxygen atoms in total. The molecule has 2 aliphatic rings. The van der Waals surface area contributed by atoms with Crippen molar-refractivity contribution in [1.29, 1.82) is 0 Å². The minimum absolute atomic E-state index is 0.0682. The van der Waals surface area contributed by atoms with Crippen molar-refractivity contribution in [2.75, 3.05) is 26.2 Å². The molecule has 0 saturated carbocycles. The molecule has 3 heterocycles. The molecule has 1 N–H and O–H groups in total. The fourth-order valence-electron chi connectivity index (χ4n) is 4.49. The summed E-state index contributed by atoms with van der Waals surface area (Å²) < 4.78 is 0. The number of fused-ring (bicyclic) bond motifs is 2. The van der Waals surface area contributed by atoms with Gasteiger partial charge in [0.1, 0.15) is 0 Å². The van der Waals surface area contributed by atoms with Crippen LogP contribution in [0.15, 0.2) is 42.7 Å². The van der Waals surface area contributed by atoms with Gasteiger partial charge >= 0.3 is 0 Å². The number of pyridine rings is 2. The van der Waals surface area contributed by atoms with Gasteiger partial charge in [0, 0.05) is 55.2 Å². The maximum atomic E-state index is 12.9. The average molecular weight is 407 g/mol. The molecule has 1 fully saturated rings. The van der Waals surface area contributed by atoms with Crippen LogP contribution >= 0.6 is 11.6 Å². The molecule has 0 spiro atoms. The SMILES string of the molecule is O=C(c1ccc2c(Cl)c3c(nc2c1)CC(c1ccncc1)CC3)N1CCNCC1. The molecule has 0 bridgehead atoms. The van der Waals surface area contributed by atoms with Crippen LogP contribution in [0.3, 0.4) is 0 Å². The zero-order valence-electron chi connectivity index (χ0n) is 16.2. The van der Waals surface area contributed by atoms with Crippen molar-refractivity contribution in [3.8, 4) is 0 Å². The third-order valence-corrected chi connectivity index (χ3v) is 6.55. The van der Waals surface area contributed by atoms with Gasteiger partial charge in [-0.3, -0.25) is 14.8 Å². The van der Waals surface area contributed by atoms with Crippen LogP contribution in [0.1, 0.15) is 39.5 Å². The second-order valence-corrected chi connectivity index (χ2v) is 8.22. The smallest absolute Gasteiger partial charge is 0.254 e. The molecule has 1 aliphatic heterocycles. The average Bonchev–Trinajstić information content (AvgIpc) is 2.79. The standard InChI is InChI=1S/C23H23ClN4O/c24-22-18-3-1-16(15-5-7-25-8-6-15)13-20(18)27-21-14-17(2-4-19(21)22)23(29)28-11-9-26-10-12-28/h2,4-8,14,16,26H,1,3,9-13H2. The van der Waals surface area contributed by atoms with Crippen LogP contribution < -0.4 is 5.32 Å². The summed E-state index contributed by atoms with van der Waals surface area (Å²) in [5.74, 6) is 0.496. The second-order valence-electron chi connectivity index (χ2n) is 7.85. The lowest BCUT2D eigenvalue weighted by Gasteiger charge is -2.28. The number of hydrogen-bond acceptors (Lipinski definition) is 4. The number of nitrogens with one attached hydrogen (secondary N) is 1. The number of piperazine rings is 1. The van der Waals surface area contributed by atoms with E-state index < -0.39 is 0 Å². The van der Waals surface area contributed by atoms with E-state index in [9.17, 15) is 4.79 Å². The van der Waals surface area contributed by atoms with Crippen molar-refractivity contribution < 1.29 is 4.79 Å². The van der Waals surface area contributed by atoms with Gasteiger partial charge in [-0.2, -0.15) is 0 Å². The molecule has 1 unspecified atom stereocenters. The number of hydrogen-bond donors (Lipinski definition) is 1. The Morgan fingerprint density at radius 2 is 1.93 bits per heavy atom. The molecule has 2 aromatic heterocycles. The third kappa shape index (κ3) is 3.49. The highest BCUT2D eigenvalue weighted by atomic mass is 35.5. The van der Waals surface area contributed by atoms with Crippen LogP contribution in [0.25, 0.3) is 10.9 Å². The molecule has 148 valence electrons. The largest absolute Gasteiger partial charge is 0.336 e. The quantitative estimate of drug-likeness (QED) is 0.706. The second kappa shape index (κ2) is 7.73. The van der Waals surface area contributed by atoms with E-state index in [2.05, 4.69) is 22.4 Å². The van der Waals surface area contributed by atoms with Gasteiger partial charge in [0.15, 0.2) is 0 Å². The lowest BCUT2D eigenvalue weighted by molar-refractivity contribution is 0.0736. The first-order valence-electron chi connectivity index (χ1n) is 10.2. The molecule has 1 atom stereocenters. The molecule has 1 aromatic carbocycles. The molecule has 1 saturated heterocycles. The number of carbonyl (C=O) groups is 1. The molecular formula is C23H23ClN4O. The van der Waals surface area contributed by atoms with Crippen LogP contribution in [-0.4, -0.2) is 47.0 Å². The Morgan fingerprint density at radius 3 is 2.72 bits per heavy atom. The van der Waals surface area contributed by atoms with Gasteiger partial charge in [0.25, 0.3) is 5.91 Å². The van der Waals surface area contributed by atoms with E-state index in [0.717, 1.165) is 72.6 Å². The van der Waals surface area contributed by atoms with E-state index in [-0.39, 0.29) is 5.91 Å². The van der Waals surface area contributed by atoms with E-state index in [0.29, 0.717) is 11.5 Å². The Kier molecular flexibility index (Phi) is 4.94. The highest BCUT2D eigenvalue weighted by Crippen LogP contribution is 2.38. The van der Waals surface area contributed by atoms with E-state index in [1.807, 2.05) is 35.5 Å². The number of rotatable bonds is 2. The highest BCUT2D eigenvalue weighted by molar-refractivity contribution is 6.36. The summed E-state index contributed by atoms with van der Waals surface area (Å²) >= 11 is 6.78. The zero-order chi connectivity index (χ0) is 19.8. The zero-order valence-corrected chi connectivity index (χ0v) is 17.0. The molecule has 5 rings (SSSR count). The maximum absolute atomic E-state index is 12.9. The monoisotopic (exact) mass is 406 g/mol. The van der Waals surface area contributed by atoms with Crippen molar-refractivity contribution in [2.24, 2.45) is 0 Å². The van der Waals surface area contributed by atoms with Crippen molar-refractivity contribution >= 4 is 28.4 Å². The molecule has 3 aromatic rings. The Hall–Kier alpha value is -2.50. The molecule has 1 amide bonds. The lowest BCUT2D eigenvalue weighted by atomic mass is 9.82. The fourth-order valence-corrected chi connectivity index (χ4v) is 4.86. The Bertz CT molecular complexity index is 1060. The van der Waals surface area contributed by atoms with Gasteiger partial charge in [-0.25, -0.2) is 0 Å². The minimum Gasteiger partial charge on any atom is -0.336 e. The molecular weight excluding hydrogens is 384 g/mol. The summed E-state index contributed by atoms with van der Waals surface area (Å²) in [5, 5.41) is 5.01. The van der Waals surface area contributed by atoms with E-state index in [1.54, 1.807) is 0 Å². The Balaban J connectivity index is 1.49. The summed E-state index contributed by atoms with van der Waals surface area (Å²) in [6.45, 7) is 3.16. The normalized spacial score (nSPS) is 19.2. The van der Waals surface area contributed by atoms with Gasteiger partial charge in [-0.15, -0.1) is 0 Å². The van der Waals surface area contributed by atoms with E-state index >= 15 is 0 Å². The number of benzene rings is 1. The topological polar surface area (TPSA) is 58.1 Å². The van der Waals surface area contributed by atoms with Crippen molar-refractivity contribution in [3.05, 3.63) is 70.1 Å². The lowest BCUT2D eigenvalue weighted by Crippen LogP contribution is -2.46. The number of amides is 1. The van der Waals surface area contributed by atoms with Crippen LogP contribution in [0.4, 0.5) is 0 Å². The van der Waals surface area contributed by atoms with E-state index in [1.165, 1.54) is 5.56 Å². The van der Waals surface area contributed by atoms with Crippen molar-refractivity contribution in [1.82, 2.24) is 20.2 Å². The Labute approximate surface area is 175 Å². The van der Waals surface area contributed by atoms with Crippen LogP contribution in [0.2, 0.25) is 5.02 Å². The number of aromatic nitrogens is 2. The van der Waals surface area contributed by atoms with Crippen LogP contribution in [0.5, 0.6) is 0 Å². The van der Waals surface area contributed by atoms with Gasteiger partial charge < -0.3 is 10.2 Å². The predicted octanol–water partition coefficient (Wildman–Crippen LogP) is 3.60. The van der Waals surface area contributed by atoms with Gasteiger partial charge in [-0.05, 0) is 60.6 Å². The van der Waals surface area contributed by atoms with Gasteiger partial charge in [0.2, 0.25) is 0 Å². The predicted molar refractivity (Wildman–Crippen MR) is 115 cm³/mol. The Morgan fingerprint density at radius 1 is 1.14 bits per heavy atom. The number of halogens is 1. The molecule has 1 aliphatic carbocycles. The third-order valence-electron chi connectivity index (χ3n) is 6.11. The number of carbonyl (C=O) groups excluding carboxylic acids is 1. The maximum Gasteiger partial charge on any atom is 0.254 e. The molecule has 0 radical (unpaired) electrons. The summed E-state index contributed by atoms with van der Waals surface area (Å²) in [7, 11) is 0. The first-order chi connectivity index (χ1) is 14.2. The summed E-state index contributed by atoms with van der Waals surface area (Å²) in [6, 6.07) is 9.91. The highest BCUT2D eigenvalue weighted by Gasteiger charge is 2.25. The first kappa shape index (κ1) is 18.5. The van der Waals surface area contributed by atoms with E-state index in [4.69, 9.17) is 16.6 Å². The minimum atomic E-state index is 0.0682. The number of nitrogens with zero attached hydrogens (tertiary/aromatic N) is 3. The van der Waals surface area contributed by atoms with Crippen LogP contribution in [0, 0.1) is 0 Å². The molecule has 29 heavy (non-hydrogen) atoms. The van der Waals surface area contributed by atoms with Crippen LogP contribution in [-0.2, 0) is 12.8 Å². The summed E-state index contributed by atoms with van der Waals surface area (Å²) in [4.78, 5) is 23.9. The van der Waals surface area contributed by atoms with Gasteiger partial charge in [-0.1, -0.05) is 17.7 Å². The first-order valence-corrected chi connectivity index (χ1v) is 10.6. The van der Waals surface area contributed by atoms with Crippen molar-refractivity contribution in [2.45, 2.75) is 25.2 Å². The van der Waals surface area contributed by atoms with Crippen molar-refractivity contribution in [3.63, 3.8) is 0 Å². The molecule has 6 heteroatoms. The van der Waals surface area contributed by atoms with Gasteiger partial charge in [0.05, 0.1) is 10.5 Å².